The van der Waals surface area contributed by atoms with Crippen LogP contribution in [0.3, 0.4) is 0 Å². The van der Waals surface area contributed by atoms with E-state index in [0.717, 1.165) is 5.92 Å². The van der Waals surface area contributed by atoms with Gasteiger partial charge in [0.15, 0.2) is 0 Å². The number of hydrogen-bond donors (Lipinski definition) is 1. The minimum absolute atomic E-state index is 0.448. The molecule has 0 radical (unpaired) electrons. The molecule has 0 amide bonds. The highest BCUT2D eigenvalue weighted by Crippen LogP contribution is 2.30. The number of nitrogens with one attached hydrogen (secondary N) is 1. The quantitative estimate of drug-likeness (QED) is 0.793. The van der Waals surface area contributed by atoms with Crippen LogP contribution in [0.5, 0.6) is 0 Å². The highest BCUT2D eigenvalue weighted by Gasteiger charge is 2.33. The molecular weight excluding hydrogens is 196 g/mol. The number of hydrogen-bond acceptors (Lipinski definition) is 2. The maximum Gasteiger partial charge on any atom is 0.0246 e. The smallest absolute Gasteiger partial charge is 0.0246 e. The Morgan fingerprint density at radius 3 is 2.44 bits per heavy atom. The Labute approximate surface area is 102 Å². The van der Waals surface area contributed by atoms with Gasteiger partial charge in [0.25, 0.3) is 0 Å². The molecule has 16 heavy (non-hydrogen) atoms. The van der Waals surface area contributed by atoms with Crippen molar-refractivity contribution in [3.8, 4) is 0 Å². The Kier molecular flexibility index (Phi) is 4.81. The first kappa shape index (κ1) is 14.0. The zero-order chi connectivity index (χ0) is 12.3. The van der Waals surface area contributed by atoms with Gasteiger partial charge in [0.1, 0.15) is 0 Å². The average molecular weight is 226 g/mol. The lowest BCUT2D eigenvalue weighted by atomic mass is 9.77. The van der Waals surface area contributed by atoms with Crippen LogP contribution in [0, 0.1) is 11.3 Å². The van der Waals surface area contributed by atoms with E-state index in [1.807, 2.05) is 0 Å². The van der Waals surface area contributed by atoms with E-state index in [2.05, 4.69) is 51.9 Å². The van der Waals surface area contributed by atoms with E-state index in [-0.39, 0.29) is 0 Å². The van der Waals surface area contributed by atoms with Crippen LogP contribution in [0.2, 0.25) is 0 Å². The first-order valence-electron chi connectivity index (χ1n) is 6.78. The van der Waals surface area contributed by atoms with Gasteiger partial charge in [-0.25, -0.2) is 0 Å². The van der Waals surface area contributed by atoms with E-state index >= 15 is 0 Å². The van der Waals surface area contributed by atoms with Crippen LogP contribution in [-0.2, 0) is 0 Å². The predicted molar refractivity (Wildman–Crippen MR) is 71.7 cm³/mol. The van der Waals surface area contributed by atoms with Crippen molar-refractivity contribution >= 4 is 0 Å². The van der Waals surface area contributed by atoms with Gasteiger partial charge in [-0.15, -0.1) is 0 Å². The molecule has 2 heteroatoms. The van der Waals surface area contributed by atoms with Gasteiger partial charge in [0.05, 0.1) is 0 Å². The second kappa shape index (κ2) is 5.50. The first-order valence-corrected chi connectivity index (χ1v) is 6.78. The standard InChI is InChI=1S/C14H30N2/c1-11(2)12(3)16(6)10-13-14(4,5)8-7-9-15-13/h11-13,15H,7-10H2,1-6H3. The van der Waals surface area contributed by atoms with Crippen LogP contribution in [0.15, 0.2) is 0 Å². The van der Waals surface area contributed by atoms with Gasteiger partial charge in [-0.1, -0.05) is 27.7 Å². The van der Waals surface area contributed by atoms with E-state index in [4.69, 9.17) is 0 Å². The summed E-state index contributed by atoms with van der Waals surface area (Å²) in [4.78, 5) is 2.51. The number of likely N-dealkylation sites (N-methyl/N-ethyl adjacent to an activating group) is 1. The maximum atomic E-state index is 3.69. The van der Waals surface area contributed by atoms with E-state index < -0.39 is 0 Å². The van der Waals surface area contributed by atoms with Gasteiger partial charge in [-0.3, -0.25) is 0 Å². The molecule has 1 saturated heterocycles. The number of rotatable bonds is 4. The molecule has 0 aromatic heterocycles. The van der Waals surface area contributed by atoms with Crippen molar-refractivity contribution in [1.29, 1.82) is 0 Å². The molecule has 1 rings (SSSR count). The number of piperidine rings is 1. The molecule has 1 heterocycles. The fourth-order valence-electron chi connectivity index (χ4n) is 2.55. The van der Waals surface area contributed by atoms with Crippen molar-refractivity contribution in [2.75, 3.05) is 20.1 Å². The molecular formula is C14H30N2. The van der Waals surface area contributed by atoms with E-state index in [0.29, 0.717) is 17.5 Å². The van der Waals surface area contributed by atoms with Crippen molar-refractivity contribution in [2.24, 2.45) is 11.3 Å². The van der Waals surface area contributed by atoms with Gasteiger partial charge in [-0.2, -0.15) is 0 Å². The number of nitrogens with zero attached hydrogens (tertiary/aromatic N) is 1. The Hall–Kier alpha value is -0.0800. The summed E-state index contributed by atoms with van der Waals surface area (Å²) in [6.07, 6.45) is 2.68. The fraction of sp³-hybridized carbons (Fsp3) is 1.00. The van der Waals surface area contributed by atoms with Crippen molar-refractivity contribution < 1.29 is 0 Å². The molecule has 1 N–H and O–H groups in total. The molecule has 1 fully saturated rings. The molecule has 0 aliphatic carbocycles. The van der Waals surface area contributed by atoms with Gasteiger partial charge in [0.2, 0.25) is 0 Å². The van der Waals surface area contributed by atoms with Crippen molar-refractivity contribution in [3.05, 3.63) is 0 Å². The average Bonchev–Trinajstić information content (AvgIpc) is 2.19. The second-order valence-electron chi connectivity index (χ2n) is 6.52. The van der Waals surface area contributed by atoms with Crippen LogP contribution < -0.4 is 5.32 Å². The van der Waals surface area contributed by atoms with E-state index in [9.17, 15) is 0 Å². The van der Waals surface area contributed by atoms with Gasteiger partial charge in [0, 0.05) is 18.6 Å². The molecule has 0 saturated carbocycles. The summed E-state index contributed by atoms with van der Waals surface area (Å²) in [5.41, 5.74) is 0.448. The van der Waals surface area contributed by atoms with Gasteiger partial charge < -0.3 is 10.2 Å². The highest BCUT2D eigenvalue weighted by atomic mass is 15.2. The summed E-state index contributed by atoms with van der Waals surface area (Å²) < 4.78 is 0. The Bertz CT molecular complexity index is 211. The third-order valence-electron chi connectivity index (χ3n) is 4.46. The first-order chi connectivity index (χ1) is 7.34. The zero-order valence-electron chi connectivity index (χ0n) is 12.0. The Morgan fingerprint density at radius 2 is 1.94 bits per heavy atom. The lowest BCUT2D eigenvalue weighted by Crippen LogP contribution is -2.53. The lowest BCUT2D eigenvalue weighted by Gasteiger charge is -2.43. The molecule has 1 aliphatic rings. The second-order valence-corrected chi connectivity index (χ2v) is 6.52. The van der Waals surface area contributed by atoms with Crippen LogP contribution in [0.25, 0.3) is 0 Å². The van der Waals surface area contributed by atoms with E-state index in [1.54, 1.807) is 0 Å². The molecule has 0 aromatic rings. The van der Waals surface area contributed by atoms with Crippen LogP contribution in [0.1, 0.15) is 47.5 Å². The van der Waals surface area contributed by atoms with E-state index in [1.165, 1.54) is 25.9 Å². The lowest BCUT2D eigenvalue weighted by molar-refractivity contribution is 0.109. The predicted octanol–water partition coefficient (Wildman–Crippen LogP) is 2.74. The molecule has 0 bridgehead atoms. The summed E-state index contributed by atoms with van der Waals surface area (Å²) in [7, 11) is 2.26. The topological polar surface area (TPSA) is 15.3 Å². The summed E-state index contributed by atoms with van der Waals surface area (Å²) in [6.45, 7) is 14.1. The third kappa shape index (κ3) is 3.46. The molecule has 2 nitrogen and oxygen atoms in total. The van der Waals surface area contributed by atoms with Crippen molar-refractivity contribution in [1.82, 2.24) is 10.2 Å². The molecule has 96 valence electrons. The summed E-state index contributed by atoms with van der Waals surface area (Å²) >= 11 is 0. The van der Waals surface area contributed by atoms with Crippen molar-refractivity contribution in [3.63, 3.8) is 0 Å². The van der Waals surface area contributed by atoms with Gasteiger partial charge >= 0.3 is 0 Å². The molecule has 2 unspecified atom stereocenters. The van der Waals surface area contributed by atoms with Crippen LogP contribution >= 0.6 is 0 Å². The summed E-state index contributed by atoms with van der Waals surface area (Å²) in [5.74, 6) is 0.733. The minimum atomic E-state index is 0.448. The fourth-order valence-corrected chi connectivity index (χ4v) is 2.55. The molecule has 0 aromatic carbocycles. The summed E-state index contributed by atoms with van der Waals surface area (Å²) in [6, 6.07) is 1.31. The normalized spacial score (nSPS) is 27.4. The van der Waals surface area contributed by atoms with Gasteiger partial charge in [-0.05, 0) is 44.7 Å². The Balaban J connectivity index is 2.52. The monoisotopic (exact) mass is 226 g/mol. The zero-order valence-corrected chi connectivity index (χ0v) is 12.0. The molecule has 1 aliphatic heterocycles. The van der Waals surface area contributed by atoms with Crippen molar-refractivity contribution in [2.45, 2.75) is 59.5 Å². The minimum Gasteiger partial charge on any atom is -0.312 e. The SMILES string of the molecule is CC(C)C(C)N(C)CC1NCCCC1(C)C. The third-order valence-corrected chi connectivity index (χ3v) is 4.46. The molecule has 0 spiro atoms. The highest BCUT2D eigenvalue weighted by molar-refractivity contribution is 4.90. The summed E-state index contributed by atoms with van der Waals surface area (Å²) in [5, 5.41) is 3.69. The largest absolute Gasteiger partial charge is 0.312 e. The molecule has 2 atom stereocenters. The van der Waals surface area contributed by atoms with Crippen LogP contribution in [0.4, 0.5) is 0 Å². The Morgan fingerprint density at radius 1 is 1.31 bits per heavy atom. The van der Waals surface area contributed by atoms with Crippen LogP contribution in [-0.4, -0.2) is 37.1 Å². The maximum absolute atomic E-state index is 3.69.